The van der Waals surface area contributed by atoms with Crippen LogP contribution in [0.15, 0.2) is 36.7 Å². The number of aromatic carboxylic acids is 1. The molecule has 19 heavy (non-hydrogen) atoms. The van der Waals surface area contributed by atoms with E-state index >= 15 is 0 Å². The summed E-state index contributed by atoms with van der Waals surface area (Å²) in [6.07, 6.45) is 2.47. The summed E-state index contributed by atoms with van der Waals surface area (Å²) in [7, 11) is 0. The van der Waals surface area contributed by atoms with Gasteiger partial charge in [-0.3, -0.25) is 4.98 Å². The van der Waals surface area contributed by atoms with Gasteiger partial charge in [0.25, 0.3) is 0 Å². The number of carboxylic acid groups (broad SMARTS) is 1. The van der Waals surface area contributed by atoms with Crippen molar-refractivity contribution < 1.29 is 23.4 Å². The first-order valence-corrected chi connectivity index (χ1v) is 5.32. The van der Waals surface area contributed by atoms with Gasteiger partial charge in [0.1, 0.15) is 23.8 Å². The molecular formula is C13H9F2NO3. The molecule has 0 saturated carbocycles. The molecule has 2 aromatic rings. The Kier molecular flexibility index (Phi) is 3.70. The summed E-state index contributed by atoms with van der Waals surface area (Å²) in [5.74, 6) is -2.74. The van der Waals surface area contributed by atoms with Crippen LogP contribution in [-0.4, -0.2) is 16.1 Å². The number of benzene rings is 1. The first-order valence-electron chi connectivity index (χ1n) is 5.32. The van der Waals surface area contributed by atoms with E-state index in [1.807, 2.05) is 0 Å². The van der Waals surface area contributed by atoms with Crippen LogP contribution in [0.25, 0.3) is 0 Å². The Bertz CT molecular complexity index is 596. The summed E-state index contributed by atoms with van der Waals surface area (Å²) in [5, 5.41) is 8.92. The van der Waals surface area contributed by atoms with Gasteiger partial charge in [-0.1, -0.05) is 6.07 Å². The van der Waals surface area contributed by atoms with Gasteiger partial charge in [-0.2, -0.15) is 0 Å². The van der Waals surface area contributed by atoms with Crippen LogP contribution in [0.4, 0.5) is 8.78 Å². The number of hydrogen-bond donors (Lipinski definition) is 1. The van der Waals surface area contributed by atoms with E-state index in [1.54, 1.807) is 0 Å². The van der Waals surface area contributed by atoms with Crippen molar-refractivity contribution in [1.82, 2.24) is 4.98 Å². The lowest BCUT2D eigenvalue weighted by Crippen LogP contribution is -2.06. The average Bonchev–Trinajstić information content (AvgIpc) is 2.38. The van der Waals surface area contributed by atoms with E-state index in [1.165, 1.54) is 24.5 Å². The first-order chi connectivity index (χ1) is 9.09. The van der Waals surface area contributed by atoms with Crippen LogP contribution >= 0.6 is 0 Å². The van der Waals surface area contributed by atoms with Crippen molar-refractivity contribution in [1.29, 1.82) is 0 Å². The van der Waals surface area contributed by atoms with Crippen LogP contribution in [0.1, 0.15) is 15.9 Å². The van der Waals surface area contributed by atoms with Gasteiger partial charge >= 0.3 is 5.97 Å². The summed E-state index contributed by atoms with van der Waals surface area (Å²) in [5.41, 5.74) is -0.380. The van der Waals surface area contributed by atoms with E-state index < -0.39 is 24.2 Å². The molecule has 98 valence electrons. The number of halogens is 2. The number of nitrogens with zero attached hydrogens (tertiary/aromatic N) is 1. The number of carboxylic acids is 1. The van der Waals surface area contributed by atoms with Gasteiger partial charge < -0.3 is 9.84 Å². The Morgan fingerprint density at radius 3 is 2.58 bits per heavy atom. The van der Waals surface area contributed by atoms with Gasteiger partial charge in [0.05, 0.1) is 11.8 Å². The molecule has 0 bridgehead atoms. The van der Waals surface area contributed by atoms with Crippen molar-refractivity contribution in [3.63, 3.8) is 0 Å². The van der Waals surface area contributed by atoms with E-state index in [4.69, 9.17) is 9.84 Å². The maximum absolute atomic E-state index is 13.4. The molecule has 2 rings (SSSR count). The minimum absolute atomic E-state index is 0.0438. The topological polar surface area (TPSA) is 59.4 Å². The van der Waals surface area contributed by atoms with Gasteiger partial charge in [-0.15, -0.1) is 0 Å². The Morgan fingerprint density at radius 2 is 1.95 bits per heavy atom. The van der Waals surface area contributed by atoms with Crippen molar-refractivity contribution in [3.8, 4) is 5.75 Å². The molecule has 6 heteroatoms. The molecule has 0 unspecified atom stereocenters. The van der Waals surface area contributed by atoms with E-state index in [9.17, 15) is 13.6 Å². The summed E-state index contributed by atoms with van der Waals surface area (Å²) < 4.78 is 31.8. The summed E-state index contributed by atoms with van der Waals surface area (Å²) >= 11 is 0. The molecule has 0 spiro atoms. The van der Waals surface area contributed by atoms with E-state index in [0.29, 0.717) is 0 Å². The number of carbonyl (C=O) groups is 1. The molecule has 0 fully saturated rings. The minimum atomic E-state index is -1.20. The molecular weight excluding hydrogens is 256 g/mol. The molecule has 0 aliphatic rings. The van der Waals surface area contributed by atoms with E-state index in [2.05, 4.69) is 4.98 Å². The third-order valence-electron chi connectivity index (χ3n) is 2.45. The molecule has 1 aromatic heterocycles. The molecule has 0 aliphatic carbocycles. The average molecular weight is 265 g/mol. The second-order valence-corrected chi connectivity index (χ2v) is 3.67. The summed E-state index contributed by atoms with van der Waals surface area (Å²) in [4.78, 5) is 14.6. The quantitative estimate of drug-likeness (QED) is 0.923. The van der Waals surface area contributed by atoms with Gasteiger partial charge in [0.15, 0.2) is 5.75 Å². The zero-order valence-electron chi connectivity index (χ0n) is 9.64. The van der Waals surface area contributed by atoms with Crippen LogP contribution < -0.4 is 4.74 Å². The smallest absolute Gasteiger partial charge is 0.339 e. The third kappa shape index (κ3) is 2.85. The van der Waals surface area contributed by atoms with Gasteiger partial charge in [0.2, 0.25) is 0 Å². The molecule has 1 N–H and O–H groups in total. The van der Waals surface area contributed by atoms with Gasteiger partial charge in [0, 0.05) is 6.20 Å². The minimum Gasteiger partial charge on any atom is -0.486 e. The van der Waals surface area contributed by atoms with Gasteiger partial charge in [-0.25, -0.2) is 13.6 Å². The molecule has 0 radical (unpaired) electrons. The number of ether oxygens (including phenoxy) is 1. The molecule has 0 saturated heterocycles. The lowest BCUT2D eigenvalue weighted by molar-refractivity contribution is 0.0691. The lowest BCUT2D eigenvalue weighted by atomic mass is 10.2. The molecule has 1 aromatic carbocycles. The van der Waals surface area contributed by atoms with Crippen LogP contribution in [0, 0.1) is 11.6 Å². The SMILES string of the molecule is O=C(O)c1ccncc1OCc1c(F)cccc1F. The van der Waals surface area contributed by atoms with Crippen molar-refractivity contribution in [2.75, 3.05) is 0 Å². The van der Waals surface area contributed by atoms with Crippen molar-refractivity contribution >= 4 is 5.97 Å². The Hall–Kier alpha value is -2.50. The van der Waals surface area contributed by atoms with Crippen LogP contribution in [0.2, 0.25) is 0 Å². The number of pyridine rings is 1. The number of aromatic nitrogens is 1. The number of rotatable bonds is 4. The second-order valence-electron chi connectivity index (χ2n) is 3.67. The molecule has 0 atom stereocenters. The maximum Gasteiger partial charge on any atom is 0.339 e. The lowest BCUT2D eigenvalue weighted by Gasteiger charge is -2.09. The Morgan fingerprint density at radius 1 is 1.26 bits per heavy atom. The summed E-state index contributed by atoms with van der Waals surface area (Å²) in [6, 6.07) is 4.68. The monoisotopic (exact) mass is 265 g/mol. The fourth-order valence-electron chi connectivity index (χ4n) is 1.49. The largest absolute Gasteiger partial charge is 0.486 e. The van der Waals surface area contributed by atoms with Crippen molar-refractivity contribution in [3.05, 3.63) is 59.4 Å². The molecule has 0 amide bonds. The third-order valence-corrected chi connectivity index (χ3v) is 2.45. The van der Waals surface area contributed by atoms with E-state index in [-0.39, 0.29) is 16.9 Å². The van der Waals surface area contributed by atoms with Crippen molar-refractivity contribution in [2.45, 2.75) is 6.61 Å². The highest BCUT2D eigenvalue weighted by atomic mass is 19.1. The molecule has 4 nitrogen and oxygen atoms in total. The predicted octanol–water partition coefficient (Wildman–Crippen LogP) is 2.64. The maximum atomic E-state index is 13.4. The predicted molar refractivity (Wildman–Crippen MR) is 61.9 cm³/mol. The fraction of sp³-hybridized carbons (Fsp3) is 0.0769. The second kappa shape index (κ2) is 5.43. The van der Waals surface area contributed by atoms with Gasteiger partial charge in [-0.05, 0) is 18.2 Å². The first kappa shape index (κ1) is 12.9. The molecule has 0 aliphatic heterocycles. The van der Waals surface area contributed by atoms with E-state index in [0.717, 1.165) is 12.1 Å². The highest BCUT2D eigenvalue weighted by Gasteiger charge is 2.13. The normalized spacial score (nSPS) is 10.2. The highest BCUT2D eigenvalue weighted by molar-refractivity contribution is 5.90. The highest BCUT2D eigenvalue weighted by Crippen LogP contribution is 2.20. The standard InChI is InChI=1S/C13H9F2NO3/c14-10-2-1-3-11(15)9(10)7-19-12-6-16-5-4-8(12)13(17)18/h1-6H,7H2,(H,17,18). The zero-order valence-corrected chi connectivity index (χ0v) is 9.64. The Balaban J connectivity index is 2.22. The zero-order chi connectivity index (χ0) is 13.8. The van der Waals surface area contributed by atoms with Crippen LogP contribution in [0.5, 0.6) is 5.75 Å². The molecule has 1 heterocycles. The fourth-order valence-corrected chi connectivity index (χ4v) is 1.49. The number of hydrogen-bond acceptors (Lipinski definition) is 3. The van der Waals surface area contributed by atoms with Crippen molar-refractivity contribution in [2.24, 2.45) is 0 Å². The Labute approximate surface area is 107 Å². The van der Waals surface area contributed by atoms with Crippen LogP contribution in [0.3, 0.4) is 0 Å². The summed E-state index contributed by atoms with van der Waals surface area (Å²) in [6.45, 7) is -0.412. The van der Waals surface area contributed by atoms with Crippen LogP contribution in [-0.2, 0) is 6.61 Å².